The van der Waals surface area contributed by atoms with Crippen LogP contribution in [0, 0.1) is 0 Å². The molecule has 4 aromatic rings. The molecule has 2 heterocycles. The predicted molar refractivity (Wildman–Crippen MR) is 353 cm³/mol. The maximum Gasteiger partial charge on any atom is 0.410 e. The molecule has 0 bridgehead atoms. The van der Waals surface area contributed by atoms with E-state index in [1.165, 1.54) is 0 Å². The molecule has 496 valence electrons. The molecular weight excluding hydrogens is 1160 g/mol. The molecule has 4 aromatic carbocycles. The van der Waals surface area contributed by atoms with Crippen LogP contribution in [0.2, 0.25) is 0 Å². The fourth-order valence-electron chi connectivity index (χ4n) is 12.1. The number of benzene rings is 4. The summed E-state index contributed by atoms with van der Waals surface area (Å²) in [6.45, 7) is 18.3. The first-order valence-corrected chi connectivity index (χ1v) is 32.5. The van der Waals surface area contributed by atoms with Gasteiger partial charge in [-0.2, -0.15) is 0 Å². The third-order valence-corrected chi connectivity index (χ3v) is 16.9. The SMILES string of the molecule is COCCCOc1cc(C(=O)N(C(C)C)[C@@H]2CC[C@@H](CCN(C(=O)Cc3ccccc3)C3CC3)N(C(=O)OC(C)(C)C)C2)ccc1OC.COCCCOc1cc(C(=O)N(C(C)C)[C@@H]2CC[C@@H](CCN(C(=O)Cc3ccccc3)C3CC3)NC2)ccc1OC.Cl. The lowest BCUT2D eigenvalue weighted by molar-refractivity contribution is -0.132. The molecule has 0 radical (unpaired) electrons. The van der Waals surface area contributed by atoms with Gasteiger partial charge in [0.25, 0.3) is 11.8 Å². The van der Waals surface area contributed by atoms with Gasteiger partial charge in [0.15, 0.2) is 23.0 Å². The Morgan fingerprint density at radius 3 is 1.40 bits per heavy atom. The summed E-state index contributed by atoms with van der Waals surface area (Å²) in [4.78, 5) is 77.9. The highest BCUT2D eigenvalue weighted by atomic mass is 35.5. The molecule has 2 saturated heterocycles. The van der Waals surface area contributed by atoms with Gasteiger partial charge in [-0.25, -0.2) is 4.79 Å². The Bertz CT molecular complexity index is 2860. The summed E-state index contributed by atoms with van der Waals surface area (Å²) >= 11 is 0. The second-order valence-corrected chi connectivity index (χ2v) is 25.6. The van der Waals surface area contributed by atoms with Crippen molar-refractivity contribution in [1.82, 2.24) is 29.8 Å². The molecule has 19 heteroatoms. The molecule has 90 heavy (non-hydrogen) atoms. The van der Waals surface area contributed by atoms with Gasteiger partial charge >= 0.3 is 6.09 Å². The number of ether oxygens (including phenoxy) is 7. The van der Waals surface area contributed by atoms with E-state index in [9.17, 15) is 24.0 Å². The summed E-state index contributed by atoms with van der Waals surface area (Å²) < 4.78 is 39.0. The minimum Gasteiger partial charge on any atom is -0.493 e. The number of methoxy groups -OCH3 is 4. The van der Waals surface area contributed by atoms with E-state index in [0.29, 0.717) is 118 Å². The average molecular weight is 1270 g/mol. The highest BCUT2D eigenvalue weighted by molar-refractivity contribution is 5.96. The van der Waals surface area contributed by atoms with Crippen molar-refractivity contribution in [1.29, 1.82) is 0 Å². The minimum absolute atomic E-state index is 0. The van der Waals surface area contributed by atoms with Crippen molar-refractivity contribution in [3.8, 4) is 23.0 Å². The van der Waals surface area contributed by atoms with Crippen molar-refractivity contribution in [2.24, 2.45) is 0 Å². The third kappa shape index (κ3) is 21.8. The Morgan fingerprint density at radius 1 is 0.544 bits per heavy atom. The van der Waals surface area contributed by atoms with Gasteiger partial charge in [0.05, 0.1) is 46.3 Å². The van der Waals surface area contributed by atoms with E-state index >= 15 is 0 Å². The number of hydrogen-bond acceptors (Lipinski definition) is 13. The van der Waals surface area contributed by atoms with E-state index in [1.807, 2.05) is 116 Å². The molecule has 2 aliphatic carbocycles. The maximum atomic E-state index is 14.2. The predicted octanol–water partition coefficient (Wildman–Crippen LogP) is 11.5. The molecule has 4 aliphatic rings. The molecule has 1 N–H and O–H groups in total. The number of piperidine rings is 2. The van der Waals surface area contributed by atoms with Crippen molar-refractivity contribution in [2.45, 2.75) is 192 Å². The first-order chi connectivity index (χ1) is 42.8. The van der Waals surface area contributed by atoms with Crippen LogP contribution in [0.3, 0.4) is 0 Å². The van der Waals surface area contributed by atoms with Crippen molar-refractivity contribution in [3.05, 3.63) is 119 Å². The number of carbonyl (C=O) groups is 5. The zero-order valence-electron chi connectivity index (χ0n) is 55.5. The Kier molecular flexibility index (Phi) is 28.9. The fourth-order valence-corrected chi connectivity index (χ4v) is 12.1. The number of rotatable bonds is 30. The molecule has 0 aromatic heterocycles. The summed E-state index contributed by atoms with van der Waals surface area (Å²) in [5.74, 6) is 2.46. The van der Waals surface area contributed by atoms with Crippen LogP contribution in [0.4, 0.5) is 4.79 Å². The molecule has 5 amide bonds. The summed E-state index contributed by atoms with van der Waals surface area (Å²) in [7, 11) is 6.49. The monoisotopic (exact) mass is 1270 g/mol. The lowest BCUT2D eigenvalue weighted by Gasteiger charge is -2.45. The molecule has 2 saturated carbocycles. The first-order valence-electron chi connectivity index (χ1n) is 32.5. The zero-order chi connectivity index (χ0) is 64.0. The highest BCUT2D eigenvalue weighted by Crippen LogP contribution is 2.35. The number of likely N-dealkylation sites (tertiary alicyclic amines) is 1. The van der Waals surface area contributed by atoms with Crippen molar-refractivity contribution in [2.75, 3.05) is 81.0 Å². The Morgan fingerprint density at radius 2 is 0.989 bits per heavy atom. The highest BCUT2D eigenvalue weighted by Gasteiger charge is 2.41. The normalized spacial score (nSPS) is 18.1. The number of halogens is 1. The Labute approximate surface area is 542 Å². The molecule has 8 rings (SSSR count). The zero-order valence-corrected chi connectivity index (χ0v) is 56.3. The number of carbonyl (C=O) groups excluding carboxylic acids is 5. The van der Waals surface area contributed by atoms with Gasteiger partial charge < -0.3 is 63.0 Å². The number of amides is 5. The molecule has 18 nitrogen and oxygen atoms in total. The lowest BCUT2D eigenvalue weighted by atomic mass is 9.93. The van der Waals surface area contributed by atoms with Crippen LogP contribution >= 0.6 is 12.4 Å². The number of nitrogens with zero attached hydrogens (tertiary/aromatic N) is 5. The Balaban J connectivity index is 0.000000287. The van der Waals surface area contributed by atoms with Crippen LogP contribution in [0.5, 0.6) is 23.0 Å². The smallest absolute Gasteiger partial charge is 0.410 e. The van der Waals surface area contributed by atoms with Crippen molar-refractivity contribution >= 4 is 42.1 Å². The van der Waals surface area contributed by atoms with Gasteiger partial charge in [-0.3, -0.25) is 19.2 Å². The summed E-state index contributed by atoms with van der Waals surface area (Å²) in [5.41, 5.74) is 2.50. The fraction of sp³-hybridized carbons (Fsp3) is 0.592. The molecule has 4 fully saturated rings. The summed E-state index contributed by atoms with van der Waals surface area (Å²) in [5, 5.41) is 3.70. The quantitative estimate of drug-likeness (QED) is 0.0488. The van der Waals surface area contributed by atoms with Gasteiger partial charge in [0.1, 0.15) is 5.60 Å². The minimum atomic E-state index is -0.670. The summed E-state index contributed by atoms with van der Waals surface area (Å²) in [6, 6.07) is 31.2. The van der Waals surface area contributed by atoms with Crippen LogP contribution in [0.25, 0.3) is 0 Å². The van der Waals surface area contributed by atoms with Crippen molar-refractivity contribution in [3.63, 3.8) is 0 Å². The van der Waals surface area contributed by atoms with E-state index in [-0.39, 0.29) is 72.3 Å². The van der Waals surface area contributed by atoms with Crippen LogP contribution in [0.1, 0.15) is 157 Å². The van der Waals surface area contributed by atoms with Crippen LogP contribution in [0.15, 0.2) is 97.1 Å². The molecule has 4 atom stereocenters. The maximum absolute atomic E-state index is 14.2. The molecule has 0 unspecified atom stereocenters. The first kappa shape index (κ1) is 72.5. The van der Waals surface area contributed by atoms with E-state index < -0.39 is 11.7 Å². The molecule has 0 spiro atoms. The second-order valence-electron chi connectivity index (χ2n) is 25.6. The molecule has 2 aliphatic heterocycles. The van der Waals surface area contributed by atoms with Gasteiger partial charge in [-0.15, -0.1) is 12.4 Å². The van der Waals surface area contributed by atoms with E-state index in [2.05, 4.69) is 24.1 Å². The van der Waals surface area contributed by atoms with E-state index in [4.69, 9.17) is 33.2 Å². The second kappa shape index (κ2) is 35.9. The van der Waals surface area contributed by atoms with Crippen LogP contribution < -0.4 is 24.3 Å². The summed E-state index contributed by atoms with van der Waals surface area (Å²) in [6.07, 6.45) is 11.1. The lowest BCUT2D eigenvalue weighted by Crippen LogP contribution is -2.58. The Hall–Kier alpha value is -6.60. The van der Waals surface area contributed by atoms with Gasteiger partial charge in [-0.05, 0) is 160 Å². The number of nitrogens with one attached hydrogen (secondary N) is 1. The van der Waals surface area contributed by atoms with Gasteiger partial charge in [0.2, 0.25) is 11.8 Å². The number of hydrogen-bond donors (Lipinski definition) is 1. The van der Waals surface area contributed by atoms with Crippen LogP contribution in [-0.2, 0) is 36.6 Å². The standard InChI is InChI=1S/C38H55N3O7.C33H47N3O5.ClH/c1-27(2)41(36(43)29-14-19-33(46-7)34(25-29)47-23-11-22-45-6)32-18-17-31(40(26-32)37(44)48-38(3,4)5)20-21-39(30-15-16-30)35(42)24-28-12-9-8-10-13-28;1-24(2)36(33(38)26-11-16-30(40-4)31(22-26)41-20-8-19-39-3)29-13-12-27(34-23-29)17-18-35(28-14-15-28)32(37)21-25-9-6-5-7-10-25;/h8-10,12-14,19,25,27,30-32H,11,15-18,20-24,26H2,1-7H3;5-7,9-11,16,22,24,27-29,34H,8,12-15,17-21,23H2,1-4H3;1H/t31-,32+;27-,29+;/m00./s1. The van der Waals surface area contributed by atoms with E-state index in [1.54, 1.807) is 63.7 Å². The van der Waals surface area contributed by atoms with Crippen LogP contribution in [-0.4, -0.2) is 189 Å². The van der Waals surface area contributed by atoms with Gasteiger partial charge in [-0.1, -0.05) is 60.7 Å². The average Bonchev–Trinajstić information content (AvgIpc) is 1.09. The van der Waals surface area contributed by atoms with Gasteiger partial charge in [0, 0.05) is 120 Å². The van der Waals surface area contributed by atoms with Crippen molar-refractivity contribution < 1.29 is 57.1 Å². The topological polar surface area (TPSA) is 178 Å². The third-order valence-electron chi connectivity index (χ3n) is 16.9. The molecular formula is C71H103ClN6O12. The van der Waals surface area contributed by atoms with E-state index in [0.717, 1.165) is 82.0 Å². The largest absolute Gasteiger partial charge is 0.493 e.